The van der Waals surface area contributed by atoms with Crippen molar-refractivity contribution in [3.63, 3.8) is 0 Å². The minimum absolute atomic E-state index is 0.100. The van der Waals surface area contributed by atoms with Crippen molar-refractivity contribution in [1.29, 1.82) is 0 Å². The van der Waals surface area contributed by atoms with Gasteiger partial charge in [-0.25, -0.2) is 4.79 Å². The Kier molecular flexibility index (Phi) is 5.52. The number of amides is 2. The summed E-state index contributed by atoms with van der Waals surface area (Å²) in [6, 6.07) is 11.0. The SMILES string of the molecule is Cc1ccc(C(=O)O)cc1NC(=O)c1ccc(NC(=O)C2CCCO2)cc1. The molecule has 0 bridgehead atoms. The van der Waals surface area contributed by atoms with Crippen LogP contribution in [0.25, 0.3) is 0 Å². The number of rotatable bonds is 5. The molecule has 2 aromatic rings. The van der Waals surface area contributed by atoms with Crippen LogP contribution in [0.5, 0.6) is 0 Å². The maximum Gasteiger partial charge on any atom is 0.335 e. The van der Waals surface area contributed by atoms with Crippen LogP contribution in [-0.2, 0) is 9.53 Å². The molecule has 3 rings (SSSR count). The van der Waals surface area contributed by atoms with E-state index in [1.54, 1.807) is 37.3 Å². The van der Waals surface area contributed by atoms with E-state index in [0.29, 0.717) is 30.0 Å². The zero-order valence-electron chi connectivity index (χ0n) is 14.8. The second-order valence-electron chi connectivity index (χ2n) is 6.36. The molecule has 1 fully saturated rings. The van der Waals surface area contributed by atoms with Crippen molar-refractivity contribution < 1.29 is 24.2 Å². The van der Waals surface area contributed by atoms with Gasteiger partial charge in [0.05, 0.1) is 5.56 Å². The molecule has 7 heteroatoms. The van der Waals surface area contributed by atoms with Gasteiger partial charge in [0.25, 0.3) is 11.8 Å². The number of aromatic carboxylic acids is 1. The summed E-state index contributed by atoms with van der Waals surface area (Å²) in [6.07, 6.45) is 1.17. The van der Waals surface area contributed by atoms with Crippen LogP contribution in [0.3, 0.4) is 0 Å². The van der Waals surface area contributed by atoms with E-state index in [1.165, 1.54) is 12.1 Å². The monoisotopic (exact) mass is 368 g/mol. The molecule has 2 aromatic carbocycles. The van der Waals surface area contributed by atoms with Crippen LogP contribution >= 0.6 is 0 Å². The van der Waals surface area contributed by atoms with Gasteiger partial charge in [0, 0.05) is 23.5 Å². The maximum absolute atomic E-state index is 12.4. The van der Waals surface area contributed by atoms with Gasteiger partial charge in [0.1, 0.15) is 6.10 Å². The number of ether oxygens (including phenoxy) is 1. The van der Waals surface area contributed by atoms with Gasteiger partial charge in [-0.15, -0.1) is 0 Å². The molecule has 2 amide bonds. The summed E-state index contributed by atoms with van der Waals surface area (Å²) in [5, 5.41) is 14.6. The highest BCUT2D eigenvalue weighted by molar-refractivity contribution is 6.05. The van der Waals surface area contributed by atoms with Gasteiger partial charge in [0.15, 0.2) is 0 Å². The quantitative estimate of drug-likeness (QED) is 0.752. The van der Waals surface area contributed by atoms with Gasteiger partial charge in [-0.2, -0.15) is 0 Å². The molecule has 0 radical (unpaired) electrons. The number of anilines is 2. The first-order chi connectivity index (χ1) is 12.9. The molecule has 0 saturated carbocycles. The van der Waals surface area contributed by atoms with Crippen LogP contribution in [0.1, 0.15) is 39.1 Å². The van der Waals surface area contributed by atoms with Crippen LogP contribution in [-0.4, -0.2) is 35.6 Å². The largest absolute Gasteiger partial charge is 0.478 e. The molecular formula is C20H20N2O5. The van der Waals surface area contributed by atoms with Crippen molar-refractivity contribution in [3.8, 4) is 0 Å². The number of nitrogens with one attached hydrogen (secondary N) is 2. The van der Waals surface area contributed by atoms with Gasteiger partial charge in [-0.05, 0) is 61.7 Å². The molecule has 27 heavy (non-hydrogen) atoms. The molecule has 3 N–H and O–H groups in total. The average molecular weight is 368 g/mol. The predicted octanol–water partition coefficient (Wildman–Crippen LogP) is 3.06. The highest BCUT2D eigenvalue weighted by atomic mass is 16.5. The number of aryl methyl sites for hydroxylation is 1. The molecule has 1 saturated heterocycles. The molecule has 0 aliphatic carbocycles. The van der Waals surface area contributed by atoms with Crippen LogP contribution in [0.2, 0.25) is 0 Å². The van der Waals surface area contributed by atoms with Crippen molar-refractivity contribution in [1.82, 2.24) is 0 Å². The fourth-order valence-corrected chi connectivity index (χ4v) is 2.80. The van der Waals surface area contributed by atoms with E-state index >= 15 is 0 Å². The third-order valence-electron chi connectivity index (χ3n) is 4.37. The molecular weight excluding hydrogens is 348 g/mol. The van der Waals surface area contributed by atoms with Crippen molar-refractivity contribution >= 4 is 29.2 Å². The molecule has 1 atom stereocenters. The summed E-state index contributed by atoms with van der Waals surface area (Å²) < 4.78 is 5.33. The fourth-order valence-electron chi connectivity index (χ4n) is 2.80. The highest BCUT2D eigenvalue weighted by Crippen LogP contribution is 2.19. The van der Waals surface area contributed by atoms with E-state index in [-0.39, 0.29) is 17.4 Å². The van der Waals surface area contributed by atoms with Gasteiger partial charge in [-0.1, -0.05) is 6.07 Å². The second kappa shape index (κ2) is 8.01. The Morgan fingerprint density at radius 3 is 2.37 bits per heavy atom. The summed E-state index contributed by atoms with van der Waals surface area (Å²) in [5.74, 6) is -1.61. The third kappa shape index (κ3) is 4.51. The zero-order valence-corrected chi connectivity index (χ0v) is 14.8. The predicted molar refractivity (Wildman–Crippen MR) is 100 cm³/mol. The lowest BCUT2D eigenvalue weighted by molar-refractivity contribution is -0.124. The second-order valence-corrected chi connectivity index (χ2v) is 6.36. The normalized spacial score (nSPS) is 16.0. The Bertz CT molecular complexity index is 870. The Morgan fingerprint density at radius 2 is 1.74 bits per heavy atom. The number of hydrogen-bond donors (Lipinski definition) is 3. The zero-order chi connectivity index (χ0) is 19.4. The number of carbonyl (C=O) groups is 3. The van der Waals surface area contributed by atoms with Crippen molar-refractivity contribution in [2.24, 2.45) is 0 Å². The van der Waals surface area contributed by atoms with Gasteiger partial charge in [-0.3, -0.25) is 9.59 Å². The molecule has 1 unspecified atom stereocenters. The lowest BCUT2D eigenvalue weighted by Gasteiger charge is -2.12. The first-order valence-electron chi connectivity index (χ1n) is 8.62. The first kappa shape index (κ1) is 18.6. The topological polar surface area (TPSA) is 105 Å². The van der Waals surface area contributed by atoms with E-state index < -0.39 is 12.1 Å². The molecule has 140 valence electrons. The lowest BCUT2D eigenvalue weighted by Crippen LogP contribution is -2.26. The average Bonchev–Trinajstić information content (AvgIpc) is 3.18. The van der Waals surface area contributed by atoms with E-state index in [0.717, 1.165) is 12.0 Å². The third-order valence-corrected chi connectivity index (χ3v) is 4.37. The van der Waals surface area contributed by atoms with Crippen LogP contribution in [0.15, 0.2) is 42.5 Å². The minimum Gasteiger partial charge on any atom is -0.478 e. The summed E-state index contributed by atoms with van der Waals surface area (Å²) in [4.78, 5) is 35.5. The summed E-state index contributed by atoms with van der Waals surface area (Å²) in [6.45, 7) is 2.38. The smallest absolute Gasteiger partial charge is 0.335 e. The molecule has 0 aromatic heterocycles. The van der Waals surface area contributed by atoms with Crippen LogP contribution < -0.4 is 10.6 Å². The number of carboxylic acid groups (broad SMARTS) is 1. The van der Waals surface area contributed by atoms with Crippen molar-refractivity contribution in [2.45, 2.75) is 25.9 Å². The maximum atomic E-state index is 12.4. The molecule has 1 aliphatic heterocycles. The molecule has 1 aliphatic rings. The van der Waals surface area contributed by atoms with Crippen molar-refractivity contribution in [2.75, 3.05) is 17.2 Å². The molecule has 7 nitrogen and oxygen atoms in total. The standard InChI is InChI=1S/C20H20N2O5/c1-12-4-5-14(20(25)26)11-16(12)22-18(23)13-6-8-15(9-7-13)21-19(24)17-3-2-10-27-17/h4-9,11,17H,2-3,10H2,1H3,(H,21,24)(H,22,23)(H,25,26). The number of benzene rings is 2. The number of carbonyl (C=O) groups excluding carboxylic acids is 2. The van der Waals surface area contributed by atoms with Gasteiger partial charge >= 0.3 is 5.97 Å². The Hall–Kier alpha value is -3.19. The van der Waals surface area contributed by atoms with E-state index in [2.05, 4.69) is 10.6 Å². The number of hydrogen-bond acceptors (Lipinski definition) is 4. The minimum atomic E-state index is -1.06. The number of carboxylic acids is 1. The summed E-state index contributed by atoms with van der Waals surface area (Å²) >= 11 is 0. The van der Waals surface area contributed by atoms with E-state index in [1.807, 2.05) is 0 Å². The lowest BCUT2D eigenvalue weighted by atomic mass is 10.1. The van der Waals surface area contributed by atoms with E-state index in [4.69, 9.17) is 9.84 Å². The first-order valence-corrected chi connectivity index (χ1v) is 8.62. The summed E-state index contributed by atoms with van der Waals surface area (Å²) in [7, 11) is 0. The van der Waals surface area contributed by atoms with Crippen LogP contribution in [0.4, 0.5) is 11.4 Å². The Morgan fingerprint density at radius 1 is 1.04 bits per heavy atom. The van der Waals surface area contributed by atoms with Crippen molar-refractivity contribution in [3.05, 3.63) is 59.2 Å². The molecule has 1 heterocycles. The van der Waals surface area contributed by atoms with E-state index in [9.17, 15) is 14.4 Å². The highest BCUT2D eigenvalue weighted by Gasteiger charge is 2.23. The molecule has 0 spiro atoms. The van der Waals surface area contributed by atoms with Crippen LogP contribution in [0, 0.1) is 6.92 Å². The fraction of sp³-hybridized carbons (Fsp3) is 0.250. The summed E-state index contributed by atoms with van der Waals surface area (Å²) in [5.41, 5.74) is 2.27. The van der Waals surface area contributed by atoms with Gasteiger partial charge in [0.2, 0.25) is 0 Å². The Balaban J connectivity index is 1.66. The van der Waals surface area contributed by atoms with Gasteiger partial charge < -0.3 is 20.5 Å². The Labute approximate surface area is 156 Å².